The van der Waals surface area contributed by atoms with Crippen molar-refractivity contribution in [3.63, 3.8) is 0 Å². The number of aryl methyl sites for hydroxylation is 3. The predicted octanol–water partition coefficient (Wildman–Crippen LogP) is 4.30. The Morgan fingerprint density at radius 2 is 1.74 bits per heavy atom. The van der Waals surface area contributed by atoms with Crippen LogP contribution < -0.4 is 5.32 Å². The smallest absolute Gasteiger partial charge is 0.251 e. The maximum atomic E-state index is 12.5. The Hall–Kier alpha value is -2.88. The van der Waals surface area contributed by atoms with Crippen molar-refractivity contribution >= 4 is 5.91 Å². The van der Waals surface area contributed by atoms with E-state index in [1.54, 1.807) is 0 Å². The second-order valence-electron chi connectivity index (χ2n) is 7.18. The molecule has 0 aliphatic carbocycles. The second kappa shape index (κ2) is 8.67. The number of rotatable bonds is 7. The second-order valence-corrected chi connectivity index (χ2v) is 7.18. The molecule has 0 aliphatic rings. The lowest BCUT2D eigenvalue weighted by Gasteiger charge is -2.14. The molecule has 0 radical (unpaired) electrons. The van der Waals surface area contributed by atoms with Crippen LogP contribution in [-0.2, 0) is 13.0 Å². The van der Waals surface area contributed by atoms with Crippen molar-refractivity contribution < 1.29 is 4.79 Å². The Labute approximate surface area is 161 Å². The van der Waals surface area contributed by atoms with Gasteiger partial charge in [-0.3, -0.25) is 9.48 Å². The standard InChI is InChI=1S/C23H27N3O/c1-17(9-10-20-7-5-4-6-8-20)24-23(27)22-13-11-21(12-14-22)16-26-19(3)15-18(2)25-26/h4-8,11-15,17H,9-10,16H2,1-3H3,(H,24,27)/t17-/m1/s1. The molecule has 0 spiro atoms. The summed E-state index contributed by atoms with van der Waals surface area (Å²) in [6.45, 7) is 6.82. The molecule has 3 aromatic rings. The number of amides is 1. The van der Waals surface area contributed by atoms with Gasteiger partial charge in [0.05, 0.1) is 12.2 Å². The van der Waals surface area contributed by atoms with Crippen LogP contribution in [0.15, 0.2) is 60.7 Å². The van der Waals surface area contributed by atoms with Gasteiger partial charge in [-0.15, -0.1) is 0 Å². The van der Waals surface area contributed by atoms with Crippen LogP contribution in [0, 0.1) is 13.8 Å². The van der Waals surface area contributed by atoms with Gasteiger partial charge in [-0.1, -0.05) is 42.5 Å². The zero-order valence-electron chi connectivity index (χ0n) is 16.3. The molecule has 1 heterocycles. The lowest BCUT2D eigenvalue weighted by atomic mass is 10.1. The summed E-state index contributed by atoms with van der Waals surface area (Å²) >= 11 is 0. The Bertz CT molecular complexity index is 882. The van der Waals surface area contributed by atoms with Crippen molar-refractivity contribution in [2.75, 3.05) is 0 Å². The summed E-state index contributed by atoms with van der Waals surface area (Å²) in [5.41, 5.74) is 5.29. The summed E-state index contributed by atoms with van der Waals surface area (Å²) in [5.74, 6) is -0.0202. The minimum Gasteiger partial charge on any atom is -0.350 e. The molecule has 2 aromatic carbocycles. The van der Waals surface area contributed by atoms with E-state index in [2.05, 4.69) is 42.5 Å². The lowest BCUT2D eigenvalue weighted by molar-refractivity contribution is 0.0938. The van der Waals surface area contributed by atoms with Gasteiger partial charge in [0.2, 0.25) is 0 Å². The SMILES string of the molecule is Cc1cc(C)n(Cc2ccc(C(=O)N[C@H](C)CCc3ccccc3)cc2)n1. The molecular formula is C23H27N3O. The zero-order valence-corrected chi connectivity index (χ0v) is 16.3. The number of hydrogen-bond acceptors (Lipinski definition) is 2. The van der Waals surface area contributed by atoms with E-state index in [0.717, 1.165) is 36.3 Å². The van der Waals surface area contributed by atoms with Crippen LogP contribution in [0.5, 0.6) is 0 Å². The minimum absolute atomic E-state index is 0.0202. The van der Waals surface area contributed by atoms with Gasteiger partial charge in [-0.2, -0.15) is 5.10 Å². The Kier molecular flexibility index (Phi) is 6.07. The molecule has 1 amide bonds. The van der Waals surface area contributed by atoms with Gasteiger partial charge in [-0.05, 0) is 62.9 Å². The first-order valence-electron chi connectivity index (χ1n) is 9.46. The minimum atomic E-state index is -0.0202. The maximum Gasteiger partial charge on any atom is 0.251 e. The van der Waals surface area contributed by atoms with E-state index in [1.165, 1.54) is 5.56 Å². The van der Waals surface area contributed by atoms with Crippen LogP contribution in [0.2, 0.25) is 0 Å². The van der Waals surface area contributed by atoms with Gasteiger partial charge >= 0.3 is 0 Å². The topological polar surface area (TPSA) is 46.9 Å². The summed E-state index contributed by atoms with van der Waals surface area (Å²) in [5, 5.41) is 7.58. The third-order valence-electron chi connectivity index (χ3n) is 4.74. The average molecular weight is 361 g/mol. The van der Waals surface area contributed by atoms with Crippen LogP contribution in [0.4, 0.5) is 0 Å². The fourth-order valence-electron chi connectivity index (χ4n) is 3.18. The number of carbonyl (C=O) groups is 1. The van der Waals surface area contributed by atoms with Crippen LogP contribution in [-0.4, -0.2) is 21.7 Å². The normalized spacial score (nSPS) is 12.0. The van der Waals surface area contributed by atoms with Crippen LogP contribution in [0.1, 0.15) is 46.2 Å². The van der Waals surface area contributed by atoms with Crippen LogP contribution in [0.3, 0.4) is 0 Å². The van der Waals surface area contributed by atoms with E-state index in [4.69, 9.17) is 0 Å². The molecule has 0 saturated heterocycles. The maximum absolute atomic E-state index is 12.5. The van der Waals surface area contributed by atoms with Gasteiger partial charge in [0.1, 0.15) is 0 Å². The number of nitrogens with one attached hydrogen (secondary N) is 1. The fourth-order valence-corrected chi connectivity index (χ4v) is 3.18. The third-order valence-corrected chi connectivity index (χ3v) is 4.74. The predicted molar refractivity (Wildman–Crippen MR) is 109 cm³/mol. The summed E-state index contributed by atoms with van der Waals surface area (Å²) in [4.78, 5) is 12.5. The van der Waals surface area contributed by atoms with E-state index in [9.17, 15) is 4.79 Å². The van der Waals surface area contributed by atoms with Gasteiger partial charge in [0.25, 0.3) is 5.91 Å². The van der Waals surface area contributed by atoms with Crippen molar-refractivity contribution in [2.45, 2.75) is 46.2 Å². The van der Waals surface area contributed by atoms with Gasteiger partial charge in [-0.25, -0.2) is 0 Å². The van der Waals surface area contributed by atoms with Crippen molar-refractivity contribution in [3.8, 4) is 0 Å². The van der Waals surface area contributed by atoms with E-state index < -0.39 is 0 Å². The summed E-state index contributed by atoms with van der Waals surface area (Å²) in [6.07, 6.45) is 1.88. The molecule has 4 nitrogen and oxygen atoms in total. The molecule has 27 heavy (non-hydrogen) atoms. The number of nitrogens with zero attached hydrogens (tertiary/aromatic N) is 2. The highest BCUT2D eigenvalue weighted by atomic mass is 16.1. The first-order valence-corrected chi connectivity index (χ1v) is 9.46. The average Bonchev–Trinajstić information content (AvgIpc) is 2.98. The molecule has 1 N–H and O–H groups in total. The highest BCUT2D eigenvalue weighted by Gasteiger charge is 2.10. The van der Waals surface area contributed by atoms with Gasteiger partial charge < -0.3 is 5.32 Å². The number of hydrogen-bond donors (Lipinski definition) is 1. The van der Waals surface area contributed by atoms with Gasteiger partial charge in [0.15, 0.2) is 0 Å². The summed E-state index contributed by atoms with van der Waals surface area (Å²) < 4.78 is 1.98. The molecule has 0 aliphatic heterocycles. The Balaban J connectivity index is 1.53. The zero-order chi connectivity index (χ0) is 19.2. The number of aromatic nitrogens is 2. The molecule has 0 bridgehead atoms. The molecule has 140 valence electrons. The number of carbonyl (C=O) groups excluding carboxylic acids is 1. The highest BCUT2D eigenvalue weighted by Crippen LogP contribution is 2.10. The summed E-state index contributed by atoms with van der Waals surface area (Å²) in [6, 6.07) is 20.3. The van der Waals surface area contributed by atoms with E-state index >= 15 is 0 Å². The van der Waals surface area contributed by atoms with Crippen molar-refractivity contribution in [1.29, 1.82) is 0 Å². The summed E-state index contributed by atoms with van der Waals surface area (Å²) in [7, 11) is 0. The molecule has 1 aromatic heterocycles. The monoisotopic (exact) mass is 361 g/mol. The van der Waals surface area contributed by atoms with E-state index in [0.29, 0.717) is 5.56 Å². The first kappa shape index (κ1) is 18.9. The molecule has 1 atom stereocenters. The molecule has 0 fully saturated rings. The Morgan fingerprint density at radius 3 is 2.37 bits per heavy atom. The molecule has 0 saturated carbocycles. The van der Waals surface area contributed by atoms with E-state index in [1.807, 2.05) is 54.1 Å². The van der Waals surface area contributed by atoms with Crippen molar-refractivity contribution in [2.24, 2.45) is 0 Å². The van der Waals surface area contributed by atoms with Crippen molar-refractivity contribution in [1.82, 2.24) is 15.1 Å². The molecular weight excluding hydrogens is 334 g/mol. The van der Waals surface area contributed by atoms with Crippen LogP contribution >= 0.6 is 0 Å². The molecule has 0 unspecified atom stereocenters. The lowest BCUT2D eigenvalue weighted by Crippen LogP contribution is -2.32. The quantitative estimate of drug-likeness (QED) is 0.682. The van der Waals surface area contributed by atoms with Crippen LogP contribution in [0.25, 0.3) is 0 Å². The first-order chi connectivity index (χ1) is 13.0. The highest BCUT2D eigenvalue weighted by molar-refractivity contribution is 5.94. The largest absolute Gasteiger partial charge is 0.350 e. The van der Waals surface area contributed by atoms with Crippen molar-refractivity contribution in [3.05, 3.63) is 88.7 Å². The fraction of sp³-hybridized carbons (Fsp3) is 0.304. The molecule has 4 heteroatoms. The number of benzene rings is 2. The van der Waals surface area contributed by atoms with E-state index in [-0.39, 0.29) is 11.9 Å². The third kappa shape index (κ3) is 5.30. The molecule has 3 rings (SSSR count). The van der Waals surface area contributed by atoms with Gasteiger partial charge in [0, 0.05) is 17.3 Å². The Morgan fingerprint density at radius 1 is 1.04 bits per heavy atom.